The Kier molecular flexibility index (Phi) is 4.56. The molecular formula is C8H9F3N2O2. The summed E-state index contributed by atoms with van der Waals surface area (Å²) in [6.45, 7) is 1.03. The molecule has 0 fully saturated rings. The zero-order valence-electron chi connectivity index (χ0n) is 7.75. The van der Waals surface area contributed by atoms with E-state index >= 15 is 0 Å². The van der Waals surface area contributed by atoms with Gasteiger partial charge >= 0.3 is 6.18 Å². The number of alkyl halides is 3. The van der Waals surface area contributed by atoms with Crippen molar-refractivity contribution in [1.29, 1.82) is 0 Å². The van der Waals surface area contributed by atoms with Gasteiger partial charge in [-0.2, -0.15) is 13.2 Å². The number of halogens is 3. The van der Waals surface area contributed by atoms with Crippen molar-refractivity contribution in [3.63, 3.8) is 0 Å². The summed E-state index contributed by atoms with van der Waals surface area (Å²) < 4.78 is 36.3. The number of rotatable bonds is 0. The second-order valence-corrected chi connectivity index (χ2v) is 2.47. The second kappa shape index (κ2) is 5.18. The molecule has 0 atom stereocenters. The molecule has 0 aliphatic heterocycles. The van der Waals surface area contributed by atoms with Crippen LogP contribution in [0, 0.1) is 6.92 Å². The highest BCUT2D eigenvalue weighted by Crippen LogP contribution is 2.31. The third kappa shape index (κ3) is 4.30. The molecule has 84 valence electrons. The van der Waals surface area contributed by atoms with Crippen molar-refractivity contribution in [2.24, 2.45) is 0 Å². The average molecular weight is 222 g/mol. The normalized spacial score (nSPS) is 10.1. The van der Waals surface area contributed by atoms with Crippen LogP contribution < -0.4 is 5.73 Å². The Morgan fingerprint density at radius 2 is 1.93 bits per heavy atom. The van der Waals surface area contributed by atoms with Crippen molar-refractivity contribution in [3.8, 4) is 0 Å². The number of pyridine rings is 1. The minimum absolute atomic E-state index is 0.0949. The van der Waals surface area contributed by atoms with Crippen molar-refractivity contribution in [2.45, 2.75) is 13.1 Å². The highest BCUT2D eigenvalue weighted by molar-refractivity contribution is 5.34. The number of nitrogens with zero attached hydrogens (tertiary/aromatic N) is 1. The van der Waals surface area contributed by atoms with Crippen molar-refractivity contribution in [1.82, 2.24) is 4.98 Å². The Hall–Kier alpha value is -1.79. The molecule has 0 amide bonds. The average Bonchev–Trinajstić information content (AvgIpc) is 2.02. The molecule has 0 saturated carbocycles. The summed E-state index contributed by atoms with van der Waals surface area (Å²) in [5.41, 5.74) is 4.36. The van der Waals surface area contributed by atoms with Crippen LogP contribution in [-0.2, 0) is 11.0 Å². The van der Waals surface area contributed by atoms with E-state index in [0.717, 1.165) is 12.1 Å². The van der Waals surface area contributed by atoms with Gasteiger partial charge in [-0.05, 0) is 19.1 Å². The minimum atomic E-state index is -4.34. The van der Waals surface area contributed by atoms with Crippen molar-refractivity contribution >= 4 is 12.3 Å². The number of nitrogen functional groups attached to an aromatic ring is 1. The van der Waals surface area contributed by atoms with Gasteiger partial charge in [0.25, 0.3) is 6.47 Å². The van der Waals surface area contributed by atoms with Gasteiger partial charge < -0.3 is 10.8 Å². The summed E-state index contributed by atoms with van der Waals surface area (Å²) in [5.74, 6) is 0.0977. The molecule has 0 aliphatic carbocycles. The highest BCUT2D eigenvalue weighted by Gasteiger charge is 2.32. The Balaban J connectivity index is 0.000000583. The quantitative estimate of drug-likeness (QED) is 0.655. The Morgan fingerprint density at radius 1 is 1.47 bits per heavy atom. The van der Waals surface area contributed by atoms with Gasteiger partial charge in [0.15, 0.2) is 0 Å². The van der Waals surface area contributed by atoms with Crippen LogP contribution in [0.2, 0.25) is 0 Å². The molecule has 0 bridgehead atoms. The van der Waals surface area contributed by atoms with Gasteiger partial charge in [-0.15, -0.1) is 0 Å². The van der Waals surface area contributed by atoms with Gasteiger partial charge in [0.2, 0.25) is 0 Å². The number of anilines is 1. The monoisotopic (exact) mass is 222 g/mol. The Labute approximate surface area is 83.5 Å². The van der Waals surface area contributed by atoms with Crippen LogP contribution in [0.4, 0.5) is 19.0 Å². The third-order valence-corrected chi connectivity index (χ3v) is 1.41. The summed E-state index contributed by atoms with van der Waals surface area (Å²) in [7, 11) is 0. The molecule has 1 heterocycles. The number of carbonyl (C=O) groups is 1. The lowest BCUT2D eigenvalue weighted by molar-refractivity contribution is -0.138. The van der Waals surface area contributed by atoms with E-state index in [0.29, 0.717) is 0 Å². The smallest absolute Gasteiger partial charge is 0.418 e. The topological polar surface area (TPSA) is 76.2 Å². The molecule has 1 aromatic heterocycles. The zero-order chi connectivity index (χ0) is 12.1. The van der Waals surface area contributed by atoms with E-state index in [1.54, 1.807) is 0 Å². The van der Waals surface area contributed by atoms with Crippen LogP contribution in [0.1, 0.15) is 11.3 Å². The van der Waals surface area contributed by atoms with E-state index in [1.165, 1.54) is 6.92 Å². The molecule has 0 saturated heterocycles. The van der Waals surface area contributed by atoms with E-state index in [4.69, 9.17) is 15.6 Å². The molecule has 0 radical (unpaired) electrons. The molecule has 7 heteroatoms. The maximum absolute atomic E-state index is 12.1. The predicted molar refractivity (Wildman–Crippen MR) is 47.1 cm³/mol. The standard InChI is InChI=1S/C7H7F3N2.CH2O2/c1-4-5(7(8,9)10)2-3-6(11)12-4;2-1-3/h2-3H,1H3,(H2,11,12);1H,(H,2,3). The SMILES string of the molecule is Cc1nc(N)ccc1C(F)(F)F.O=CO. The fourth-order valence-corrected chi connectivity index (χ4v) is 0.880. The summed E-state index contributed by atoms with van der Waals surface area (Å²) >= 11 is 0. The second-order valence-electron chi connectivity index (χ2n) is 2.47. The number of hydrogen-bond acceptors (Lipinski definition) is 3. The number of hydrogen-bond donors (Lipinski definition) is 2. The fraction of sp³-hybridized carbons (Fsp3) is 0.250. The van der Waals surface area contributed by atoms with Gasteiger partial charge in [-0.3, -0.25) is 4.79 Å². The van der Waals surface area contributed by atoms with Crippen LogP contribution >= 0.6 is 0 Å². The molecule has 1 aromatic rings. The maximum Gasteiger partial charge on any atom is 0.418 e. The van der Waals surface area contributed by atoms with Crippen LogP contribution in [-0.4, -0.2) is 16.6 Å². The van der Waals surface area contributed by atoms with Gasteiger partial charge in [-0.1, -0.05) is 0 Å². The molecule has 0 aromatic carbocycles. The number of carboxylic acid groups (broad SMARTS) is 1. The number of aryl methyl sites for hydroxylation is 1. The van der Waals surface area contributed by atoms with Crippen LogP contribution in [0.5, 0.6) is 0 Å². The number of nitrogens with two attached hydrogens (primary N) is 1. The summed E-state index contributed by atoms with van der Waals surface area (Å²) in [4.78, 5) is 11.9. The van der Waals surface area contributed by atoms with Crippen LogP contribution in [0.3, 0.4) is 0 Å². The molecule has 1 rings (SSSR count). The minimum Gasteiger partial charge on any atom is -0.483 e. The Morgan fingerprint density at radius 3 is 2.27 bits per heavy atom. The molecule has 4 nitrogen and oxygen atoms in total. The summed E-state index contributed by atoms with van der Waals surface area (Å²) in [6.07, 6.45) is -4.34. The van der Waals surface area contributed by atoms with E-state index in [1.807, 2.05) is 0 Å². The largest absolute Gasteiger partial charge is 0.483 e. The first-order chi connectivity index (χ1) is 6.82. The Bertz CT molecular complexity index is 339. The van der Waals surface area contributed by atoms with Crippen molar-refractivity contribution in [3.05, 3.63) is 23.4 Å². The molecule has 3 N–H and O–H groups in total. The van der Waals surface area contributed by atoms with Crippen molar-refractivity contribution < 1.29 is 23.1 Å². The molecule has 0 aliphatic rings. The van der Waals surface area contributed by atoms with Gasteiger partial charge in [0.1, 0.15) is 5.82 Å². The predicted octanol–water partition coefficient (Wildman–Crippen LogP) is 1.69. The lowest BCUT2D eigenvalue weighted by Crippen LogP contribution is -2.09. The molecule has 0 unspecified atom stereocenters. The summed E-state index contributed by atoms with van der Waals surface area (Å²) in [6, 6.07) is 2.06. The van der Waals surface area contributed by atoms with E-state index in [9.17, 15) is 13.2 Å². The van der Waals surface area contributed by atoms with Crippen LogP contribution in [0.25, 0.3) is 0 Å². The van der Waals surface area contributed by atoms with Gasteiger partial charge in [0.05, 0.1) is 11.3 Å². The van der Waals surface area contributed by atoms with E-state index in [2.05, 4.69) is 4.98 Å². The van der Waals surface area contributed by atoms with Gasteiger partial charge in [0, 0.05) is 0 Å². The molecule has 0 spiro atoms. The van der Waals surface area contributed by atoms with Gasteiger partial charge in [-0.25, -0.2) is 4.98 Å². The van der Waals surface area contributed by atoms with E-state index in [-0.39, 0.29) is 18.0 Å². The first kappa shape index (κ1) is 13.2. The van der Waals surface area contributed by atoms with Crippen molar-refractivity contribution in [2.75, 3.05) is 5.73 Å². The first-order valence-corrected chi connectivity index (χ1v) is 3.71. The third-order valence-electron chi connectivity index (χ3n) is 1.41. The van der Waals surface area contributed by atoms with E-state index < -0.39 is 11.7 Å². The maximum atomic E-state index is 12.1. The highest BCUT2D eigenvalue weighted by atomic mass is 19.4. The first-order valence-electron chi connectivity index (χ1n) is 3.71. The lowest BCUT2D eigenvalue weighted by Gasteiger charge is -2.08. The fourth-order valence-electron chi connectivity index (χ4n) is 0.880. The molecular weight excluding hydrogens is 213 g/mol. The van der Waals surface area contributed by atoms with Crippen LogP contribution in [0.15, 0.2) is 12.1 Å². The zero-order valence-corrected chi connectivity index (χ0v) is 7.75. The number of aromatic nitrogens is 1. The summed E-state index contributed by atoms with van der Waals surface area (Å²) in [5, 5.41) is 6.89. The lowest BCUT2D eigenvalue weighted by atomic mass is 10.2. The molecule has 15 heavy (non-hydrogen) atoms.